The molecule has 0 aromatic rings. The van der Waals surface area contributed by atoms with Crippen LogP contribution in [0.3, 0.4) is 0 Å². The summed E-state index contributed by atoms with van der Waals surface area (Å²) >= 11 is 5.67. The first-order valence-corrected chi connectivity index (χ1v) is 7.80. The van der Waals surface area contributed by atoms with E-state index in [1.54, 1.807) is 0 Å². The van der Waals surface area contributed by atoms with Gasteiger partial charge in [0.05, 0.1) is 0 Å². The lowest BCUT2D eigenvalue weighted by atomic mass is 10.1. The number of unbranched alkanes of at least 4 members (excludes halogenated alkanes) is 3. The van der Waals surface area contributed by atoms with Crippen molar-refractivity contribution in [1.29, 1.82) is 0 Å². The maximum atomic E-state index is 5.67. The highest BCUT2D eigenvalue weighted by molar-refractivity contribution is 6.17. The average Bonchev–Trinajstić information content (AvgIpc) is 2.76. The maximum absolute atomic E-state index is 5.67. The largest absolute Gasteiger partial charge is 0.305 e. The summed E-state index contributed by atoms with van der Waals surface area (Å²) in [6.45, 7) is 7.31. The molecular weight excluding hydrogens is 232 g/mol. The summed E-state index contributed by atoms with van der Waals surface area (Å²) in [5.41, 5.74) is 0. The smallest absolute Gasteiger partial charge is 0.0223 e. The Balaban J connectivity index is 2.05. The molecule has 0 aromatic carbocycles. The predicted molar refractivity (Wildman–Crippen MR) is 77.0 cm³/mol. The van der Waals surface area contributed by atoms with Crippen LogP contribution in [0.25, 0.3) is 0 Å². The standard InChI is InChI=1S/C14H29ClN2/c1-3-17-12-8-9-14(17)13-16(2)11-7-5-4-6-10-15/h14H,3-13H2,1-2H3. The van der Waals surface area contributed by atoms with Crippen molar-refractivity contribution >= 4 is 11.6 Å². The average molecular weight is 261 g/mol. The third-order valence-corrected chi connectivity index (χ3v) is 4.12. The van der Waals surface area contributed by atoms with Gasteiger partial charge in [-0.15, -0.1) is 11.6 Å². The minimum atomic E-state index is 0.813. The van der Waals surface area contributed by atoms with Crippen LogP contribution in [-0.2, 0) is 0 Å². The van der Waals surface area contributed by atoms with Crippen molar-refractivity contribution in [2.45, 2.75) is 51.5 Å². The van der Waals surface area contributed by atoms with Crippen LogP contribution in [0.1, 0.15) is 45.4 Å². The molecule has 1 heterocycles. The normalized spacial score (nSPS) is 21.5. The fraction of sp³-hybridized carbons (Fsp3) is 1.00. The van der Waals surface area contributed by atoms with Gasteiger partial charge in [0.15, 0.2) is 0 Å². The van der Waals surface area contributed by atoms with Crippen LogP contribution in [-0.4, -0.2) is 54.9 Å². The zero-order valence-corrected chi connectivity index (χ0v) is 12.4. The highest BCUT2D eigenvalue weighted by atomic mass is 35.5. The third-order valence-electron chi connectivity index (χ3n) is 3.85. The molecule has 1 saturated heterocycles. The lowest BCUT2D eigenvalue weighted by Crippen LogP contribution is -2.39. The van der Waals surface area contributed by atoms with Crippen LogP contribution in [0.15, 0.2) is 0 Å². The summed E-state index contributed by atoms with van der Waals surface area (Å²) in [5.74, 6) is 0.823. The molecule has 17 heavy (non-hydrogen) atoms. The molecule has 0 radical (unpaired) electrons. The van der Waals surface area contributed by atoms with Gasteiger partial charge in [-0.1, -0.05) is 19.8 Å². The second-order valence-electron chi connectivity index (χ2n) is 5.29. The number of likely N-dealkylation sites (tertiary alicyclic amines) is 1. The first kappa shape index (κ1) is 15.3. The molecule has 1 unspecified atom stereocenters. The van der Waals surface area contributed by atoms with E-state index in [0.717, 1.165) is 11.9 Å². The van der Waals surface area contributed by atoms with E-state index in [4.69, 9.17) is 11.6 Å². The minimum absolute atomic E-state index is 0.813. The zero-order chi connectivity index (χ0) is 12.5. The van der Waals surface area contributed by atoms with Crippen molar-refractivity contribution in [3.05, 3.63) is 0 Å². The molecule has 1 rings (SSSR count). The lowest BCUT2D eigenvalue weighted by Gasteiger charge is -2.27. The quantitative estimate of drug-likeness (QED) is 0.464. The summed E-state index contributed by atoms with van der Waals surface area (Å²) < 4.78 is 0. The van der Waals surface area contributed by atoms with Crippen LogP contribution in [0, 0.1) is 0 Å². The Morgan fingerprint density at radius 3 is 2.71 bits per heavy atom. The van der Waals surface area contributed by atoms with E-state index in [9.17, 15) is 0 Å². The number of likely N-dealkylation sites (N-methyl/N-ethyl adjacent to an activating group) is 2. The van der Waals surface area contributed by atoms with Gasteiger partial charge in [0, 0.05) is 18.5 Å². The minimum Gasteiger partial charge on any atom is -0.305 e. The molecule has 0 aromatic heterocycles. The van der Waals surface area contributed by atoms with Gasteiger partial charge in [-0.3, -0.25) is 4.90 Å². The van der Waals surface area contributed by atoms with Crippen LogP contribution >= 0.6 is 11.6 Å². The number of nitrogens with zero attached hydrogens (tertiary/aromatic N) is 2. The van der Waals surface area contributed by atoms with Crippen molar-refractivity contribution in [1.82, 2.24) is 9.80 Å². The van der Waals surface area contributed by atoms with Gasteiger partial charge in [0.2, 0.25) is 0 Å². The van der Waals surface area contributed by atoms with Crippen LogP contribution in [0.2, 0.25) is 0 Å². The molecule has 0 aliphatic carbocycles. The van der Waals surface area contributed by atoms with E-state index in [-0.39, 0.29) is 0 Å². The lowest BCUT2D eigenvalue weighted by molar-refractivity contribution is 0.197. The molecule has 1 aliphatic heterocycles. The summed E-state index contributed by atoms with van der Waals surface area (Å²) in [4.78, 5) is 5.14. The maximum Gasteiger partial charge on any atom is 0.0223 e. The number of hydrogen-bond donors (Lipinski definition) is 0. The molecule has 0 bridgehead atoms. The van der Waals surface area contributed by atoms with Crippen LogP contribution in [0.5, 0.6) is 0 Å². The number of rotatable bonds is 9. The summed E-state index contributed by atoms with van der Waals surface area (Å²) in [7, 11) is 2.27. The molecule has 0 spiro atoms. The Labute approximate surface area is 112 Å². The molecule has 0 N–H and O–H groups in total. The van der Waals surface area contributed by atoms with Gasteiger partial charge in [0.25, 0.3) is 0 Å². The monoisotopic (exact) mass is 260 g/mol. The molecule has 2 nitrogen and oxygen atoms in total. The summed E-state index contributed by atoms with van der Waals surface area (Å²) in [6.07, 6.45) is 7.91. The second kappa shape index (κ2) is 9.18. The van der Waals surface area contributed by atoms with E-state index in [1.165, 1.54) is 64.7 Å². The molecule has 1 fully saturated rings. The molecule has 1 atom stereocenters. The SMILES string of the molecule is CCN1CCCC1CN(C)CCCCCCCl. The topological polar surface area (TPSA) is 6.48 Å². The number of hydrogen-bond acceptors (Lipinski definition) is 2. The highest BCUT2D eigenvalue weighted by Gasteiger charge is 2.23. The Hall–Kier alpha value is 0.210. The van der Waals surface area contributed by atoms with Crippen molar-refractivity contribution in [2.75, 3.05) is 39.1 Å². The number of halogens is 1. The first-order chi connectivity index (χ1) is 8.27. The van der Waals surface area contributed by atoms with Gasteiger partial charge < -0.3 is 4.90 Å². The van der Waals surface area contributed by atoms with E-state index in [2.05, 4.69) is 23.8 Å². The van der Waals surface area contributed by atoms with Crippen LogP contribution in [0.4, 0.5) is 0 Å². The van der Waals surface area contributed by atoms with Crippen molar-refractivity contribution in [3.8, 4) is 0 Å². The Bertz CT molecular complexity index is 187. The third kappa shape index (κ3) is 6.08. The van der Waals surface area contributed by atoms with Crippen LogP contribution < -0.4 is 0 Å². The van der Waals surface area contributed by atoms with Gasteiger partial charge in [-0.2, -0.15) is 0 Å². The van der Waals surface area contributed by atoms with Crippen molar-refractivity contribution in [3.63, 3.8) is 0 Å². The summed E-state index contributed by atoms with van der Waals surface area (Å²) in [5, 5.41) is 0. The van der Waals surface area contributed by atoms with Gasteiger partial charge >= 0.3 is 0 Å². The Morgan fingerprint density at radius 2 is 2.00 bits per heavy atom. The first-order valence-electron chi connectivity index (χ1n) is 7.26. The fourth-order valence-corrected chi connectivity index (χ4v) is 2.99. The van der Waals surface area contributed by atoms with Gasteiger partial charge in [-0.25, -0.2) is 0 Å². The van der Waals surface area contributed by atoms with E-state index < -0.39 is 0 Å². The zero-order valence-electron chi connectivity index (χ0n) is 11.6. The molecule has 0 amide bonds. The molecule has 102 valence electrons. The van der Waals surface area contributed by atoms with E-state index in [1.807, 2.05) is 0 Å². The highest BCUT2D eigenvalue weighted by Crippen LogP contribution is 2.17. The predicted octanol–water partition coefficient (Wildman–Crippen LogP) is 3.20. The Morgan fingerprint density at radius 1 is 1.24 bits per heavy atom. The summed E-state index contributed by atoms with van der Waals surface area (Å²) in [6, 6.07) is 0.813. The Kier molecular flexibility index (Phi) is 8.25. The number of alkyl halides is 1. The van der Waals surface area contributed by atoms with Gasteiger partial charge in [0.1, 0.15) is 0 Å². The molecular formula is C14H29ClN2. The van der Waals surface area contributed by atoms with Crippen molar-refractivity contribution in [2.24, 2.45) is 0 Å². The molecule has 3 heteroatoms. The van der Waals surface area contributed by atoms with E-state index in [0.29, 0.717) is 0 Å². The second-order valence-corrected chi connectivity index (χ2v) is 5.67. The molecule has 1 aliphatic rings. The van der Waals surface area contributed by atoms with E-state index >= 15 is 0 Å². The van der Waals surface area contributed by atoms with Gasteiger partial charge in [-0.05, 0) is 52.4 Å². The molecule has 0 saturated carbocycles. The van der Waals surface area contributed by atoms with Crippen molar-refractivity contribution < 1.29 is 0 Å². The fourth-order valence-electron chi connectivity index (χ4n) is 2.80.